The summed E-state index contributed by atoms with van der Waals surface area (Å²) in [5.74, 6) is -0.623. The summed E-state index contributed by atoms with van der Waals surface area (Å²) >= 11 is 0. The second kappa shape index (κ2) is 8.09. The van der Waals surface area contributed by atoms with Crippen LogP contribution in [0.25, 0.3) is 0 Å². The lowest BCUT2D eigenvalue weighted by Gasteiger charge is -2.24. The molecule has 1 saturated carbocycles. The second-order valence-electron chi connectivity index (χ2n) is 5.87. The third kappa shape index (κ3) is 6.75. The van der Waals surface area contributed by atoms with Crippen molar-refractivity contribution in [2.24, 2.45) is 5.92 Å². The van der Waals surface area contributed by atoms with Crippen molar-refractivity contribution >= 4 is 12.0 Å². The molecule has 0 aliphatic heterocycles. The van der Waals surface area contributed by atoms with Gasteiger partial charge in [-0.05, 0) is 39.2 Å². The Bertz CT molecular complexity index is 332. The lowest BCUT2D eigenvalue weighted by atomic mass is 10.1. The molecule has 0 saturated heterocycles. The van der Waals surface area contributed by atoms with E-state index in [9.17, 15) is 9.59 Å². The Morgan fingerprint density at radius 2 is 1.85 bits per heavy atom. The molecule has 1 fully saturated rings. The molecule has 0 radical (unpaired) electrons. The van der Waals surface area contributed by atoms with Gasteiger partial charge in [-0.15, -0.1) is 0 Å². The molecule has 2 atom stereocenters. The number of carboxylic acids is 1. The van der Waals surface area contributed by atoms with Gasteiger partial charge in [0.15, 0.2) is 0 Å². The molecule has 0 bridgehead atoms. The number of rotatable bonds is 9. The maximum atomic E-state index is 11.6. The van der Waals surface area contributed by atoms with Crippen LogP contribution in [0.15, 0.2) is 0 Å². The van der Waals surface area contributed by atoms with E-state index in [4.69, 9.17) is 5.11 Å². The number of nitrogens with zero attached hydrogens (tertiary/aromatic N) is 1. The van der Waals surface area contributed by atoms with Crippen LogP contribution in [0.2, 0.25) is 0 Å². The van der Waals surface area contributed by atoms with Crippen molar-refractivity contribution in [1.29, 1.82) is 0 Å². The number of nitrogens with one attached hydrogen (secondary N) is 2. The molecule has 2 amide bonds. The molecule has 20 heavy (non-hydrogen) atoms. The molecule has 1 aliphatic carbocycles. The Morgan fingerprint density at radius 1 is 1.25 bits per heavy atom. The average Bonchev–Trinajstić information content (AvgIpc) is 3.23. The fourth-order valence-electron chi connectivity index (χ4n) is 2.03. The Kier molecular flexibility index (Phi) is 6.78. The van der Waals surface area contributed by atoms with Crippen LogP contribution in [0, 0.1) is 5.92 Å². The number of likely N-dealkylation sites (N-methyl/N-ethyl adjacent to an activating group) is 1. The smallest absolute Gasteiger partial charge is 0.314 e. The molecule has 1 aliphatic rings. The van der Waals surface area contributed by atoms with E-state index in [2.05, 4.69) is 29.5 Å². The standard InChI is InChI=1S/C14H27N3O3/c1-10(4-7-13(18)19)8-15-14(20)16-9-11(2)17(3)12-5-6-12/h10-12H,4-9H2,1-3H3,(H,18,19)(H2,15,16,20). The van der Waals surface area contributed by atoms with Crippen LogP contribution >= 0.6 is 0 Å². The first-order valence-corrected chi connectivity index (χ1v) is 7.35. The third-order valence-corrected chi connectivity index (χ3v) is 3.84. The Balaban J connectivity index is 2.08. The minimum Gasteiger partial charge on any atom is -0.481 e. The van der Waals surface area contributed by atoms with Gasteiger partial charge in [-0.2, -0.15) is 0 Å². The van der Waals surface area contributed by atoms with E-state index >= 15 is 0 Å². The largest absolute Gasteiger partial charge is 0.481 e. The van der Waals surface area contributed by atoms with Gasteiger partial charge >= 0.3 is 12.0 Å². The highest BCUT2D eigenvalue weighted by Crippen LogP contribution is 2.26. The van der Waals surface area contributed by atoms with Gasteiger partial charge in [-0.1, -0.05) is 6.92 Å². The number of aliphatic carboxylic acids is 1. The number of carbonyl (C=O) groups excluding carboxylic acids is 1. The van der Waals surface area contributed by atoms with Crippen molar-refractivity contribution in [2.45, 2.75) is 51.6 Å². The van der Waals surface area contributed by atoms with Crippen LogP contribution in [0.1, 0.15) is 39.5 Å². The van der Waals surface area contributed by atoms with Crippen LogP contribution < -0.4 is 10.6 Å². The number of hydrogen-bond acceptors (Lipinski definition) is 3. The Morgan fingerprint density at radius 3 is 2.40 bits per heavy atom. The molecule has 1 rings (SSSR count). The highest BCUT2D eigenvalue weighted by atomic mass is 16.4. The fourth-order valence-corrected chi connectivity index (χ4v) is 2.03. The van der Waals surface area contributed by atoms with Crippen LogP contribution in [0.3, 0.4) is 0 Å². The second-order valence-corrected chi connectivity index (χ2v) is 5.87. The van der Waals surface area contributed by atoms with Crippen LogP contribution in [0.4, 0.5) is 4.79 Å². The van der Waals surface area contributed by atoms with Crippen molar-refractivity contribution in [1.82, 2.24) is 15.5 Å². The quantitative estimate of drug-likeness (QED) is 0.596. The molecule has 116 valence electrons. The minimum atomic E-state index is -0.793. The first kappa shape index (κ1) is 16.8. The monoisotopic (exact) mass is 285 g/mol. The van der Waals surface area contributed by atoms with Crippen molar-refractivity contribution in [3.8, 4) is 0 Å². The van der Waals surface area contributed by atoms with E-state index in [1.165, 1.54) is 12.8 Å². The molecule has 6 heteroatoms. The summed E-state index contributed by atoms with van der Waals surface area (Å²) in [7, 11) is 2.09. The molecule has 3 N–H and O–H groups in total. The van der Waals surface area contributed by atoms with E-state index in [1.807, 2.05) is 6.92 Å². The predicted octanol–water partition coefficient (Wildman–Crippen LogP) is 1.27. The van der Waals surface area contributed by atoms with Crippen LogP contribution in [0.5, 0.6) is 0 Å². The van der Waals surface area contributed by atoms with Gasteiger partial charge < -0.3 is 15.7 Å². The van der Waals surface area contributed by atoms with Crippen molar-refractivity contribution in [3.63, 3.8) is 0 Å². The highest BCUT2D eigenvalue weighted by Gasteiger charge is 2.29. The summed E-state index contributed by atoms with van der Waals surface area (Å²) in [4.78, 5) is 24.4. The van der Waals surface area contributed by atoms with Crippen LogP contribution in [-0.4, -0.2) is 54.2 Å². The van der Waals surface area contributed by atoms with E-state index in [-0.39, 0.29) is 18.4 Å². The summed E-state index contributed by atoms with van der Waals surface area (Å²) in [6, 6.07) is 0.840. The first-order chi connectivity index (χ1) is 9.40. The molecular formula is C14H27N3O3. The topological polar surface area (TPSA) is 81.7 Å². The summed E-state index contributed by atoms with van der Waals surface area (Å²) < 4.78 is 0. The SMILES string of the molecule is CC(CCC(=O)O)CNC(=O)NCC(C)N(C)C1CC1. The summed E-state index contributed by atoms with van der Waals surface area (Å²) in [6.45, 7) is 5.18. The van der Waals surface area contributed by atoms with Crippen LogP contribution in [-0.2, 0) is 4.79 Å². The number of carbonyl (C=O) groups is 2. The van der Waals surface area contributed by atoms with Gasteiger partial charge in [0.25, 0.3) is 0 Å². The lowest BCUT2D eigenvalue weighted by Crippen LogP contribution is -2.45. The number of amides is 2. The normalized spacial score (nSPS) is 17.6. The van der Waals surface area contributed by atoms with E-state index in [1.54, 1.807) is 0 Å². The molecule has 6 nitrogen and oxygen atoms in total. The van der Waals surface area contributed by atoms with Gasteiger partial charge in [-0.25, -0.2) is 4.79 Å². The summed E-state index contributed by atoms with van der Waals surface area (Å²) in [5.41, 5.74) is 0. The molecular weight excluding hydrogens is 258 g/mol. The number of hydrogen-bond donors (Lipinski definition) is 3. The number of urea groups is 1. The maximum absolute atomic E-state index is 11.6. The molecule has 0 aromatic carbocycles. The zero-order chi connectivity index (χ0) is 15.1. The number of carboxylic acid groups (broad SMARTS) is 1. The molecule has 0 aromatic heterocycles. The van der Waals surface area contributed by atoms with Gasteiger partial charge in [0.2, 0.25) is 0 Å². The van der Waals surface area contributed by atoms with Crippen molar-refractivity contribution < 1.29 is 14.7 Å². The van der Waals surface area contributed by atoms with E-state index < -0.39 is 5.97 Å². The van der Waals surface area contributed by atoms with E-state index in [0.717, 1.165) is 0 Å². The van der Waals surface area contributed by atoms with Crippen molar-refractivity contribution in [2.75, 3.05) is 20.1 Å². The molecule has 0 heterocycles. The highest BCUT2D eigenvalue weighted by molar-refractivity contribution is 5.73. The summed E-state index contributed by atoms with van der Waals surface area (Å²) in [5, 5.41) is 14.2. The van der Waals surface area contributed by atoms with Gasteiger partial charge in [-0.3, -0.25) is 9.69 Å². The molecule has 2 unspecified atom stereocenters. The molecule has 0 spiro atoms. The minimum absolute atomic E-state index is 0.147. The third-order valence-electron chi connectivity index (χ3n) is 3.84. The van der Waals surface area contributed by atoms with Gasteiger partial charge in [0.05, 0.1) is 0 Å². The summed E-state index contributed by atoms with van der Waals surface area (Å²) in [6.07, 6.45) is 3.24. The zero-order valence-corrected chi connectivity index (χ0v) is 12.7. The van der Waals surface area contributed by atoms with Crippen molar-refractivity contribution in [3.05, 3.63) is 0 Å². The van der Waals surface area contributed by atoms with E-state index in [0.29, 0.717) is 31.6 Å². The fraction of sp³-hybridized carbons (Fsp3) is 0.857. The molecule has 0 aromatic rings. The Labute approximate surface area is 120 Å². The first-order valence-electron chi connectivity index (χ1n) is 7.35. The zero-order valence-electron chi connectivity index (χ0n) is 12.7. The maximum Gasteiger partial charge on any atom is 0.314 e. The predicted molar refractivity (Wildman–Crippen MR) is 77.7 cm³/mol. The average molecular weight is 285 g/mol. The lowest BCUT2D eigenvalue weighted by molar-refractivity contribution is -0.137. The van der Waals surface area contributed by atoms with Gasteiger partial charge in [0.1, 0.15) is 0 Å². The van der Waals surface area contributed by atoms with Gasteiger partial charge in [0, 0.05) is 31.6 Å². The Hall–Kier alpha value is -1.30.